The van der Waals surface area contributed by atoms with Gasteiger partial charge in [-0.25, -0.2) is 4.79 Å². The first-order valence-electron chi connectivity index (χ1n) is 5.65. The van der Waals surface area contributed by atoms with E-state index in [9.17, 15) is 9.90 Å². The van der Waals surface area contributed by atoms with Gasteiger partial charge in [-0.05, 0) is 24.6 Å². The molecule has 18 heavy (non-hydrogen) atoms. The number of carboxylic acid groups (broad SMARTS) is 1. The highest BCUT2D eigenvalue weighted by Gasteiger charge is 2.13. The van der Waals surface area contributed by atoms with E-state index in [-0.39, 0.29) is 16.9 Å². The van der Waals surface area contributed by atoms with Crippen LogP contribution >= 0.6 is 11.8 Å². The van der Waals surface area contributed by atoms with Gasteiger partial charge in [0.25, 0.3) is 0 Å². The van der Waals surface area contributed by atoms with E-state index in [4.69, 9.17) is 9.84 Å². The standard InChI is InChI=1S/C13H18O4S/c1-8(14)9(2)18-7-10-4-5-12(17-3)11(6-10)13(15)16/h4-6,8-9,14H,7H2,1-3H3,(H,15,16). The predicted molar refractivity (Wildman–Crippen MR) is 72.4 cm³/mol. The van der Waals surface area contributed by atoms with E-state index in [0.717, 1.165) is 5.56 Å². The fraction of sp³-hybridized carbons (Fsp3) is 0.462. The van der Waals surface area contributed by atoms with E-state index in [1.54, 1.807) is 30.8 Å². The van der Waals surface area contributed by atoms with Gasteiger partial charge in [-0.15, -0.1) is 0 Å². The van der Waals surface area contributed by atoms with Crippen LogP contribution in [0, 0.1) is 0 Å². The molecule has 0 aliphatic heterocycles. The molecule has 2 N–H and O–H groups in total. The molecule has 0 radical (unpaired) electrons. The molecule has 0 heterocycles. The van der Waals surface area contributed by atoms with Gasteiger partial charge in [-0.1, -0.05) is 13.0 Å². The minimum absolute atomic E-state index is 0.111. The van der Waals surface area contributed by atoms with Gasteiger partial charge in [-0.3, -0.25) is 0 Å². The molecule has 0 bridgehead atoms. The smallest absolute Gasteiger partial charge is 0.339 e. The molecule has 1 rings (SSSR count). The van der Waals surface area contributed by atoms with Crippen LogP contribution in [0.3, 0.4) is 0 Å². The first-order chi connectivity index (χ1) is 8.45. The number of ether oxygens (including phenoxy) is 1. The highest BCUT2D eigenvalue weighted by Crippen LogP contribution is 2.25. The number of aromatic carboxylic acids is 1. The quantitative estimate of drug-likeness (QED) is 0.831. The van der Waals surface area contributed by atoms with E-state index in [0.29, 0.717) is 11.5 Å². The van der Waals surface area contributed by atoms with Gasteiger partial charge < -0.3 is 14.9 Å². The summed E-state index contributed by atoms with van der Waals surface area (Å²) in [6.45, 7) is 3.69. The Morgan fingerprint density at radius 1 is 1.44 bits per heavy atom. The van der Waals surface area contributed by atoms with Crippen LogP contribution in [-0.4, -0.2) is 34.6 Å². The number of hydrogen-bond donors (Lipinski definition) is 2. The Morgan fingerprint density at radius 2 is 2.11 bits per heavy atom. The maximum atomic E-state index is 11.1. The van der Waals surface area contributed by atoms with Crippen molar-refractivity contribution in [1.29, 1.82) is 0 Å². The van der Waals surface area contributed by atoms with Crippen molar-refractivity contribution in [1.82, 2.24) is 0 Å². The van der Waals surface area contributed by atoms with Crippen molar-refractivity contribution in [2.75, 3.05) is 7.11 Å². The summed E-state index contributed by atoms with van der Waals surface area (Å²) < 4.78 is 5.00. The third kappa shape index (κ3) is 3.92. The van der Waals surface area contributed by atoms with Gasteiger partial charge >= 0.3 is 5.97 Å². The molecule has 0 amide bonds. The highest BCUT2D eigenvalue weighted by molar-refractivity contribution is 7.99. The van der Waals surface area contributed by atoms with Gasteiger partial charge in [-0.2, -0.15) is 11.8 Å². The number of benzene rings is 1. The average Bonchev–Trinajstić information content (AvgIpc) is 2.35. The Labute approximate surface area is 111 Å². The molecule has 0 fully saturated rings. The molecule has 4 nitrogen and oxygen atoms in total. The zero-order valence-corrected chi connectivity index (χ0v) is 11.5. The van der Waals surface area contributed by atoms with E-state index < -0.39 is 5.97 Å². The van der Waals surface area contributed by atoms with Crippen molar-refractivity contribution in [2.24, 2.45) is 0 Å². The second kappa shape index (κ2) is 6.66. The predicted octanol–water partition coefficient (Wildman–Crippen LogP) is 2.40. The van der Waals surface area contributed by atoms with Crippen LogP contribution in [0.5, 0.6) is 5.75 Å². The van der Waals surface area contributed by atoms with Gasteiger partial charge in [0.05, 0.1) is 13.2 Å². The van der Waals surface area contributed by atoms with Gasteiger partial charge in [0, 0.05) is 11.0 Å². The highest BCUT2D eigenvalue weighted by atomic mass is 32.2. The first-order valence-corrected chi connectivity index (χ1v) is 6.70. The van der Waals surface area contributed by atoms with Crippen molar-refractivity contribution in [2.45, 2.75) is 31.0 Å². The summed E-state index contributed by atoms with van der Waals surface area (Å²) in [5, 5.41) is 18.6. The van der Waals surface area contributed by atoms with Crippen LogP contribution in [0.15, 0.2) is 18.2 Å². The van der Waals surface area contributed by atoms with Crippen molar-refractivity contribution >= 4 is 17.7 Å². The molecular weight excluding hydrogens is 252 g/mol. The molecular formula is C13H18O4S. The number of aliphatic hydroxyl groups is 1. The van der Waals surface area contributed by atoms with Crippen molar-refractivity contribution in [3.63, 3.8) is 0 Å². The number of rotatable bonds is 6. The minimum atomic E-state index is -0.998. The summed E-state index contributed by atoms with van der Waals surface area (Å²) in [5.41, 5.74) is 1.08. The molecule has 1 aromatic carbocycles. The molecule has 0 aromatic heterocycles. The third-order valence-electron chi connectivity index (χ3n) is 2.69. The first kappa shape index (κ1) is 14.9. The molecule has 2 atom stereocenters. The Balaban J connectivity index is 2.79. The van der Waals surface area contributed by atoms with Gasteiger partial charge in [0.15, 0.2) is 0 Å². The third-order valence-corrected chi connectivity index (χ3v) is 4.11. The summed E-state index contributed by atoms with van der Waals surface area (Å²) >= 11 is 1.59. The second-order valence-corrected chi connectivity index (χ2v) is 5.46. The fourth-order valence-corrected chi connectivity index (χ4v) is 2.29. The van der Waals surface area contributed by atoms with Crippen molar-refractivity contribution in [3.8, 4) is 5.75 Å². The molecule has 100 valence electrons. The van der Waals surface area contributed by atoms with Crippen LogP contribution in [0.25, 0.3) is 0 Å². The molecule has 0 saturated heterocycles. The number of carboxylic acids is 1. The second-order valence-electron chi connectivity index (χ2n) is 4.10. The molecule has 2 unspecified atom stereocenters. The molecule has 1 aromatic rings. The van der Waals surface area contributed by atoms with E-state index >= 15 is 0 Å². The average molecular weight is 270 g/mol. The van der Waals surface area contributed by atoms with Crippen molar-refractivity contribution < 1.29 is 19.7 Å². The zero-order valence-electron chi connectivity index (χ0n) is 10.7. The summed E-state index contributed by atoms with van der Waals surface area (Å²) in [6, 6.07) is 5.11. The number of hydrogen-bond acceptors (Lipinski definition) is 4. The summed E-state index contributed by atoms with van der Waals surface area (Å²) in [7, 11) is 1.45. The SMILES string of the molecule is COc1ccc(CSC(C)C(C)O)cc1C(=O)O. The van der Waals surface area contributed by atoms with Crippen LogP contribution in [0.4, 0.5) is 0 Å². The fourth-order valence-electron chi connectivity index (χ4n) is 1.38. The van der Waals surface area contributed by atoms with E-state index in [1.165, 1.54) is 7.11 Å². The summed E-state index contributed by atoms with van der Waals surface area (Å²) in [5.74, 6) is 0.0261. The van der Waals surface area contributed by atoms with Gasteiger partial charge in [0.1, 0.15) is 11.3 Å². The monoisotopic (exact) mass is 270 g/mol. The Kier molecular flexibility index (Phi) is 5.50. The number of aliphatic hydroxyl groups excluding tert-OH is 1. The van der Waals surface area contributed by atoms with Crippen LogP contribution < -0.4 is 4.74 Å². The molecule has 5 heteroatoms. The number of thioether (sulfide) groups is 1. The zero-order chi connectivity index (χ0) is 13.7. The number of carbonyl (C=O) groups is 1. The van der Waals surface area contributed by atoms with Crippen LogP contribution in [0.1, 0.15) is 29.8 Å². The Hall–Kier alpha value is -1.20. The van der Waals surface area contributed by atoms with E-state index in [1.807, 2.05) is 13.0 Å². The maximum absolute atomic E-state index is 11.1. The largest absolute Gasteiger partial charge is 0.496 e. The summed E-state index contributed by atoms with van der Waals surface area (Å²) in [4.78, 5) is 11.1. The Morgan fingerprint density at radius 3 is 2.61 bits per heavy atom. The lowest BCUT2D eigenvalue weighted by Crippen LogP contribution is -2.15. The van der Waals surface area contributed by atoms with Crippen molar-refractivity contribution in [3.05, 3.63) is 29.3 Å². The van der Waals surface area contributed by atoms with Gasteiger partial charge in [0.2, 0.25) is 0 Å². The van der Waals surface area contributed by atoms with Crippen LogP contribution in [-0.2, 0) is 5.75 Å². The maximum Gasteiger partial charge on any atom is 0.339 e. The molecule has 0 aliphatic carbocycles. The minimum Gasteiger partial charge on any atom is -0.496 e. The Bertz CT molecular complexity index is 417. The summed E-state index contributed by atoms with van der Waals surface area (Å²) in [6.07, 6.45) is -0.382. The normalized spacial score (nSPS) is 14.0. The lowest BCUT2D eigenvalue weighted by Gasteiger charge is -2.14. The molecule has 0 saturated carbocycles. The topological polar surface area (TPSA) is 66.8 Å². The lowest BCUT2D eigenvalue weighted by atomic mass is 10.1. The molecule has 0 aliphatic rings. The number of methoxy groups -OCH3 is 1. The molecule has 0 spiro atoms. The van der Waals surface area contributed by atoms with E-state index in [2.05, 4.69) is 0 Å². The lowest BCUT2D eigenvalue weighted by molar-refractivity contribution is 0.0693. The van der Waals surface area contributed by atoms with Crippen LogP contribution in [0.2, 0.25) is 0 Å².